The van der Waals surface area contributed by atoms with Gasteiger partial charge in [-0.3, -0.25) is 4.79 Å². The Bertz CT molecular complexity index is 603. The van der Waals surface area contributed by atoms with Crippen molar-refractivity contribution < 1.29 is 19.1 Å². The minimum atomic E-state index is -0.681. The van der Waals surface area contributed by atoms with Gasteiger partial charge in [0.25, 0.3) is 5.91 Å². The van der Waals surface area contributed by atoms with E-state index in [9.17, 15) is 9.59 Å². The highest BCUT2D eigenvalue weighted by atomic mass is 16.6. The summed E-state index contributed by atoms with van der Waals surface area (Å²) in [5, 5.41) is 2.92. The standard InChI is InChI=1S/C17H21NO4/c1-17(2)13-7-3-6-12(14(13)16(20)22-17)15(19)18-9-11-5-4-8-21-10-11/h3,6-7,11H,4-5,8-10H2,1-2H3,(H,18,19)/t11-/m1/s1. The number of fused-ring (bicyclic) bond motifs is 1. The minimum absolute atomic E-state index is 0.225. The van der Waals surface area contributed by atoms with Crippen LogP contribution in [0, 0.1) is 5.92 Å². The van der Waals surface area contributed by atoms with Gasteiger partial charge in [-0.25, -0.2) is 4.79 Å². The van der Waals surface area contributed by atoms with Crippen LogP contribution in [-0.2, 0) is 15.1 Å². The van der Waals surface area contributed by atoms with Crippen LogP contribution in [0.5, 0.6) is 0 Å². The Labute approximate surface area is 130 Å². The van der Waals surface area contributed by atoms with E-state index >= 15 is 0 Å². The predicted molar refractivity (Wildman–Crippen MR) is 80.8 cm³/mol. The maximum atomic E-state index is 12.4. The Morgan fingerprint density at radius 3 is 2.95 bits per heavy atom. The molecule has 118 valence electrons. The molecule has 2 heterocycles. The molecule has 0 aliphatic carbocycles. The van der Waals surface area contributed by atoms with Gasteiger partial charge in [0.1, 0.15) is 5.60 Å². The fraction of sp³-hybridized carbons (Fsp3) is 0.529. The second kappa shape index (κ2) is 5.72. The summed E-state index contributed by atoms with van der Waals surface area (Å²) in [5.41, 5.74) is 0.876. The lowest BCUT2D eigenvalue weighted by Crippen LogP contribution is -2.33. The molecule has 5 nitrogen and oxygen atoms in total. The van der Waals surface area contributed by atoms with Crippen LogP contribution in [0.3, 0.4) is 0 Å². The highest BCUT2D eigenvalue weighted by molar-refractivity contribution is 6.07. The van der Waals surface area contributed by atoms with Crippen molar-refractivity contribution in [1.82, 2.24) is 5.32 Å². The van der Waals surface area contributed by atoms with Crippen molar-refractivity contribution in [2.75, 3.05) is 19.8 Å². The first-order valence-corrected chi connectivity index (χ1v) is 7.72. The Balaban J connectivity index is 1.76. The molecule has 1 N–H and O–H groups in total. The van der Waals surface area contributed by atoms with Crippen LogP contribution in [0.2, 0.25) is 0 Å². The molecule has 1 aromatic rings. The second-order valence-corrected chi connectivity index (χ2v) is 6.42. The van der Waals surface area contributed by atoms with Gasteiger partial charge in [0.05, 0.1) is 17.7 Å². The number of carbonyl (C=O) groups excluding carboxylic acids is 2. The van der Waals surface area contributed by atoms with Crippen LogP contribution in [0.4, 0.5) is 0 Å². The molecule has 2 aliphatic heterocycles. The van der Waals surface area contributed by atoms with Crippen molar-refractivity contribution in [3.63, 3.8) is 0 Å². The summed E-state index contributed by atoms with van der Waals surface area (Å²) in [6.07, 6.45) is 2.09. The van der Waals surface area contributed by atoms with Crippen molar-refractivity contribution in [2.45, 2.75) is 32.3 Å². The maximum absolute atomic E-state index is 12.4. The fourth-order valence-electron chi connectivity index (χ4n) is 3.10. The smallest absolute Gasteiger partial charge is 0.340 e. The average molecular weight is 303 g/mol. The van der Waals surface area contributed by atoms with E-state index in [4.69, 9.17) is 9.47 Å². The minimum Gasteiger partial charge on any atom is -0.451 e. The van der Waals surface area contributed by atoms with Gasteiger partial charge in [-0.05, 0) is 38.7 Å². The highest BCUT2D eigenvalue weighted by Gasteiger charge is 2.40. The number of hydrogen-bond acceptors (Lipinski definition) is 4. The SMILES string of the molecule is CC1(C)OC(=O)c2c(C(=O)NC[C@H]3CCCOC3)cccc21. The number of hydrogen-bond donors (Lipinski definition) is 1. The molecule has 0 saturated carbocycles. The quantitative estimate of drug-likeness (QED) is 0.870. The number of cyclic esters (lactones) is 1. The molecule has 5 heteroatoms. The molecule has 1 atom stereocenters. The lowest BCUT2D eigenvalue weighted by atomic mass is 9.92. The molecule has 1 fully saturated rings. The van der Waals surface area contributed by atoms with Crippen molar-refractivity contribution in [1.29, 1.82) is 0 Å². The molecule has 1 aromatic carbocycles. The first-order chi connectivity index (χ1) is 10.5. The third-order valence-electron chi connectivity index (χ3n) is 4.32. The molecular formula is C17H21NO4. The maximum Gasteiger partial charge on any atom is 0.340 e. The van der Waals surface area contributed by atoms with E-state index in [0.29, 0.717) is 30.2 Å². The van der Waals surface area contributed by atoms with E-state index in [1.165, 1.54) is 0 Å². The number of amides is 1. The van der Waals surface area contributed by atoms with Crippen LogP contribution in [-0.4, -0.2) is 31.6 Å². The number of rotatable bonds is 3. The van der Waals surface area contributed by atoms with Crippen LogP contribution < -0.4 is 5.32 Å². The monoisotopic (exact) mass is 303 g/mol. The lowest BCUT2D eigenvalue weighted by molar-refractivity contribution is 0.00945. The Kier molecular flexibility index (Phi) is 3.91. The van der Waals surface area contributed by atoms with Gasteiger partial charge < -0.3 is 14.8 Å². The highest BCUT2D eigenvalue weighted by Crippen LogP contribution is 2.37. The van der Waals surface area contributed by atoms with Gasteiger partial charge in [-0.1, -0.05) is 12.1 Å². The summed E-state index contributed by atoms with van der Waals surface area (Å²) in [4.78, 5) is 24.5. The zero-order valence-corrected chi connectivity index (χ0v) is 13.0. The van der Waals surface area contributed by atoms with E-state index in [-0.39, 0.29) is 5.91 Å². The van der Waals surface area contributed by atoms with Crippen LogP contribution in [0.15, 0.2) is 18.2 Å². The van der Waals surface area contributed by atoms with Gasteiger partial charge in [-0.15, -0.1) is 0 Å². The molecule has 1 saturated heterocycles. The third kappa shape index (κ3) is 2.73. The lowest BCUT2D eigenvalue weighted by Gasteiger charge is -2.22. The number of esters is 1. The predicted octanol–water partition coefficient (Wildman–Crippen LogP) is 2.25. The number of carbonyl (C=O) groups is 2. The molecule has 0 spiro atoms. The Morgan fingerprint density at radius 2 is 2.23 bits per heavy atom. The van der Waals surface area contributed by atoms with Gasteiger partial charge in [0.2, 0.25) is 0 Å². The zero-order chi connectivity index (χ0) is 15.7. The molecule has 22 heavy (non-hydrogen) atoms. The second-order valence-electron chi connectivity index (χ2n) is 6.42. The third-order valence-corrected chi connectivity index (χ3v) is 4.32. The van der Waals surface area contributed by atoms with E-state index in [0.717, 1.165) is 25.0 Å². The van der Waals surface area contributed by atoms with Crippen molar-refractivity contribution in [3.05, 3.63) is 34.9 Å². The summed E-state index contributed by atoms with van der Waals surface area (Å²) in [5.74, 6) is -0.304. The molecule has 0 radical (unpaired) electrons. The van der Waals surface area contributed by atoms with Gasteiger partial charge in [0, 0.05) is 18.7 Å². The molecule has 0 aromatic heterocycles. The summed E-state index contributed by atoms with van der Waals surface area (Å²) in [6.45, 7) is 5.72. The summed E-state index contributed by atoms with van der Waals surface area (Å²) in [6, 6.07) is 5.31. The van der Waals surface area contributed by atoms with Crippen molar-refractivity contribution in [2.24, 2.45) is 5.92 Å². The van der Waals surface area contributed by atoms with Crippen molar-refractivity contribution >= 4 is 11.9 Å². The van der Waals surface area contributed by atoms with Gasteiger partial charge >= 0.3 is 5.97 Å². The van der Waals surface area contributed by atoms with Crippen molar-refractivity contribution in [3.8, 4) is 0 Å². The average Bonchev–Trinajstić information content (AvgIpc) is 2.75. The van der Waals surface area contributed by atoms with E-state index in [1.54, 1.807) is 12.1 Å². The molecule has 0 unspecified atom stereocenters. The molecule has 0 bridgehead atoms. The molecule has 1 amide bonds. The topological polar surface area (TPSA) is 64.6 Å². The summed E-state index contributed by atoms with van der Waals surface area (Å²) < 4.78 is 10.8. The van der Waals surface area contributed by atoms with Crippen LogP contribution >= 0.6 is 0 Å². The summed E-state index contributed by atoms with van der Waals surface area (Å²) >= 11 is 0. The van der Waals surface area contributed by atoms with Crippen LogP contribution in [0.25, 0.3) is 0 Å². The Morgan fingerprint density at radius 1 is 1.41 bits per heavy atom. The molecule has 3 rings (SSSR count). The van der Waals surface area contributed by atoms with Gasteiger partial charge in [-0.2, -0.15) is 0 Å². The number of nitrogens with one attached hydrogen (secondary N) is 1. The first kappa shape index (κ1) is 15.0. The van der Waals surface area contributed by atoms with E-state index < -0.39 is 11.6 Å². The fourth-order valence-corrected chi connectivity index (χ4v) is 3.10. The first-order valence-electron chi connectivity index (χ1n) is 7.72. The normalized spacial score (nSPS) is 22.8. The zero-order valence-electron chi connectivity index (χ0n) is 13.0. The number of benzene rings is 1. The number of ether oxygens (including phenoxy) is 2. The molecule has 2 aliphatic rings. The van der Waals surface area contributed by atoms with E-state index in [1.807, 2.05) is 19.9 Å². The summed E-state index contributed by atoms with van der Waals surface area (Å²) in [7, 11) is 0. The largest absolute Gasteiger partial charge is 0.451 e. The molecular weight excluding hydrogens is 282 g/mol. The van der Waals surface area contributed by atoms with Gasteiger partial charge in [0.15, 0.2) is 0 Å². The Hall–Kier alpha value is -1.88. The van der Waals surface area contributed by atoms with Crippen LogP contribution in [0.1, 0.15) is 53.0 Å². The van der Waals surface area contributed by atoms with E-state index in [2.05, 4.69) is 5.32 Å².